The molecule has 0 heterocycles. The van der Waals surface area contributed by atoms with E-state index in [1.165, 1.54) is 12.0 Å². The van der Waals surface area contributed by atoms with E-state index in [0.717, 1.165) is 12.8 Å². The Hall–Kier alpha value is -0.460. The van der Waals surface area contributed by atoms with Gasteiger partial charge in [0.2, 0.25) is 0 Å². The van der Waals surface area contributed by atoms with Gasteiger partial charge in [0.1, 0.15) is 0 Å². The van der Waals surface area contributed by atoms with Gasteiger partial charge < -0.3 is 5.11 Å². The third-order valence-electron chi connectivity index (χ3n) is 2.78. The first-order valence-corrected chi connectivity index (χ1v) is 4.49. The number of aliphatic hydroxyl groups is 1. The highest BCUT2D eigenvalue weighted by Crippen LogP contribution is 2.32. The van der Waals surface area contributed by atoms with E-state index in [0.29, 0.717) is 17.6 Å². The maximum Gasteiger partial charge on any atom is 0.0914 e. The quantitative estimate of drug-likeness (QED) is 0.614. The molecule has 0 aromatic heterocycles. The first kappa shape index (κ1) is 8.63. The van der Waals surface area contributed by atoms with E-state index in [4.69, 9.17) is 0 Å². The van der Waals surface area contributed by atoms with E-state index in [9.17, 15) is 5.11 Å². The molecule has 0 fully saturated rings. The molecule has 0 aromatic rings. The summed E-state index contributed by atoms with van der Waals surface area (Å²) in [6, 6.07) is 0. The Morgan fingerprint density at radius 3 is 2.55 bits per heavy atom. The Bertz CT molecular complexity index is 168. The summed E-state index contributed by atoms with van der Waals surface area (Å²) in [4.78, 5) is 0. The number of allylic oxidation sites excluding steroid dienone is 2. The molecule has 0 saturated carbocycles. The summed E-state index contributed by atoms with van der Waals surface area (Å²) in [7, 11) is 0. The van der Waals surface area contributed by atoms with Crippen LogP contribution < -0.4 is 0 Å². The SMILES string of the molecule is CC1=C(O)CC(C(C)C)CC1. The fourth-order valence-electron chi connectivity index (χ4n) is 1.64. The molecule has 11 heavy (non-hydrogen) atoms. The van der Waals surface area contributed by atoms with Crippen LogP contribution in [0.15, 0.2) is 11.3 Å². The summed E-state index contributed by atoms with van der Waals surface area (Å²) in [6.45, 7) is 6.50. The lowest BCUT2D eigenvalue weighted by Crippen LogP contribution is -2.14. The number of hydrogen-bond donors (Lipinski definition) is 1. The van der Waals surface area contributed by atoms with Crippen molar-refractivity contribution >= 4 is 0 Å². The largest absolute Gasteiger partial charge is 0.512 e. The minimum atomic E-state index is 0.648. The molecule has 1 N–H and O–H groups in total. The standard InChI is InChI=1S/C10H18O/c1-7(2)9-5-4-8(3)10(11)6-9/h7,9,11H,4-6H2,1-3H3. The molecule has 1 atom stereocenters. The summed E-state index contributed by atoms with van der Waals surface area (Å²) in [5, 5.41) is 9.48. The highest BCUT2D eigenvalue weighted by molar-refractivity contribution is 5.09. The van der Waals surface area contributed by atoms with Crippen molar-refractivity contribution in [2.75, 3.05) is 0 Å². The average molecular weight is 154 g/mol. The van der Waals surface area contributed by atoms with Crippen LogP contribution in [0.1, 0.15) is 40.0 Å². The lowest BCUT2D eigenvalue weighted by Gasteiger charge is -2.25. The molecule has 0 spiro atoms. The van der Waals surface area contributed by atoms with Crippen LogP contribution >= 0.6 is 0 Å². The Labute approximate surface area is 69.1 Å². The Kier molecular flexibility index (Phi) is 2.58. The van der Waals surface area contributed by atoms with Crippen LogP contribution in [0.4, 0.5) is 0 Å². The van der Waals surface area contributed by atoms with Crippen molar-refractivity contribution in [2.24, 2.45) is 11.8 Å². The van der Waals surface area contributed by atoms with Gasteiger partial charge in [0, 0.05) is 6.42 Å². The van der Waals surface area contributed by atoms with Gasteiger partial charge in [0.25, 0.3) is 0 Å². The maximum absolute atomic E-state index is 9.48. The van der Waals surface area contributed by atoms with E-state index in [1.54, 1.807) is 0 Å². The highest BCUT2D eigenvalue weighted by atomic mass is 16.3. The van der Waals surface area contributed by atoms with Crippen molar-refractivity contribution in [3.63, 3.8) is 0 Å². The van der Waals surface area contributed by atoms with E-state index >= 15 is 0 Å². The van der Waals surface area contributed by atoms with Gasteiger partial charge in [-0.1, -0.05) is 13.8 Å². The second-order valence-electron chi connectivity index (χ2n) is 3.97. The van der Waals surface area contributed by atoms with Gasteiger partial charge >= 0.3 is 0 Å². The zero-order valence-electron chi connectivity index (χ0n) is 7.72. The van der Waals surface area contributed by atoms with Gasteiger partial charge in [-0.15, -0.1) is 0 Å². The van der Waals surface area contributed by atoms with E-state index in [-0.39, 0.29) is 0 Å². The minimum Gasteiger partial charge on any atom is -0.512 e. The minimum absolute atomic E-state index is 0.648. The van der Waals surface area contributed by atoms with Crippen LogP contribution in [0.3, 0.4) is 0 Å². The molecule has 0 bridgehead atoms. The van der Waals surface area contributed by atoms with Crippen molar-refractivity contribution in [3.05, 3.63) is 11.3 Å². The topological polar surface area (TPSA) is 20.2 Å². The van der Waals surface area contributed by atoms with Gasteiger partial charge in [-0.3, -0.25) is 0 Å². The molecule has 0 aromatic carbocycles. The van der Waals surface area contributed by atoms with Crippen molar-refractivity contribution in [1.29, 1.82) is 0 Å². The molecule has 1 aliphatic rings. The van der Waals surface area contributed by atoms with Crippen LogP contribution in [0.5, 0.6) is 0 Å². The molecule has 1 nitrogen and oxygen atoms in total. The smallest absolute Gasteiger partial charge is 0.0914 e. The fraction of sp³-hybridized carbons (Fsp3) is 0.800. The molecule has 1 aliphatic carbocycles. The van der Waals surface area contributed by atoms with Gasteiger partial charge in [-0.25, -0.2) is 0 Å². The van der Waals surface area contributed by atoms with Crippen LogP contribution in [-0.4, -0.2) is 5.11 Å². The molecule has 64 valence electrons. The summed E-state index contributed by atoms with van der Waals surface area (Å²) in [5.74, 6) is 2.07. The molecule has 0 aliphatic heterocycles. The maximum atomic E-state index is 9.48. The summed E-state index contributed by atoms with van der Waals surface area (Å²) < 4.78 is 0. The zero-order valence-corrected chi connectivity index (χ0v) is 7.72. The summed E-state index contributed by atoms with van der Waals surface area (Å²) in [6.07, 6.45) is 3.26. The Balaban J connectivity index is 2.57. The second-order valence-corrected chi connectivity index (χ2v) is 3.97. The van der Waals surface area contributed by atoms with E-state index < -0.39 is 0 Å². The van der Waals surface area contributed by atoms with Crippen molar-refractivity contribution in [2.45, 2.75) is 40.0 Å². The molecular weight excluding hydrogens is 136 g/mol. The predicted molar refractivity (Wildman–Crippen MR) is 47.5 cm³/mol. The van der Waals surface area contributed by atoms with Crippen LogP contribution in [0.2, 0.25) is 0 Å². The normalized spacial score (nSPS) is 26.4. The van der Waals surface area contributed by atoms with Crippen molar-refractivity contribution < 1.29 is 5.11 Å². The van der Waals surface area contributed by atoms with E-state index in [2.05, 4.69) is 13.8 Å². The molecule has 1 rings (SSSR count). The first-order chi connectivity index (χ1) is 5.11. The average Bonchev–Trinajstić information content (AvgIpc) is 1.94. The number of aliphatic hydroxyl groups excluding tert-OH is 1. The fourth-order valence-corrected chi connectivity index (χ4v) is 1.64. The zero-order chi connectivity index (χ0) is 8.43. The van der Waals surface area contributed by atoms with Gasteiger partial charge in [0.05, 0.1) is 5.76 Å². The number of hydrogen-bond acceptors (Lipinski definition) is 1. The third kappa shape index (κ3) is 1.98. The molecule has 0 saturated heterocycles. The van der Waals surface area contributed by atoms with Crippen LogP contribution in [0.25, 0.3) is 0 Å². The Morgan fingerprint density at radius 2 is 2.09 bits per heavy atom. The van der Waals surface area contributed by atoms with Crippen LogP contribution in [0, 0.1) is 11.8 Å². The molecule has 0 radical (unpaired) electrons. The summed E-state index contributed by atoms with van der Waals surface area (Å²) in [5.41, 5.74) is 1.20. The molecule has 1 heteroatoms. The Morgan fingerprint density at radius 1 is 1.45 bits per heavy atom. The third-order valence-corrected chi connectivity index (χ3v) is 2.78. The van der Waals surface area contributed by atoms with E-state index in [1.807, 2.05) is 6.92 Å². The molecular formula is C10H18O. The second kappa shape index (κ2) is 3.29. The molecule has 1 unspecified atom stereocenters. The van der Waals surface area contributed by atoms with Crippen LogP contribution in [-0.2, 0) is 0 Å². The molecule has 0 amide bonds. The highest BCUT2D eigenvalue weighted by Gasteiger charge is 2.20. The monoisotopic (exact) mass is 154 g/mol. The van der Waals surface area contributed by atoms with Gasteiger partial charge in [-0.2, -0.15) is 0 Å². The number of rotatable bonds is 1. The lowest BCUT2D eigenvalue weighted by atomic mass is 9.82. The lowest BCUT2D eigenvalue weighted by molar-refractivity contribution is 0.266. The summed E-state index contributed by atoms with van der Waals surface area (Å²) >= 11 is 0. The van der Waals surface area contributed by atoms with Gasteiger partial charge in [-0.05, 0) is 37.2 Å². The predicted octanol–water partition coefficient (Wildman–Crippen LogP) is 3.27. The van der Waals surface area contributed by atoms with Gasteiger partial charge in [0.15, 0.2) is 0 Å². The van der Waals surface area contributed by atoms with Crippen molar-refractivity contribution in [3.8, 4) is 0 Å². The van der Waals surface area contributed by atoms with Crippen molar-refractivity contribution in [1.82, 2.24) is 0 Å². The first-order valence-electron chi connectivity index (χ1n) is 4.49.